The van der Waals surface area contributed by atoms with Gasteiger partial charge in [0.05, 0.1) is 0 Å². The van der Waals surface area contributed by atoms with Gasteiger partial charge in [-0.15, -0.1) is 0 Å². The lowest BCUT2D eigenvalue weighted by Crippen LogP contribution is -2.03. The molecule has 0 spiro atoms. The van der Waals surface area contributed by atoms with Crippen LogP contribution in [0.25, 0.3) is 5.65 Å². The lowest BCUT2D eigenvalue weighted by molar-refractivity contribution is -0.137. The number of rotatable bonds is 5. The van der Waals surface area contributed by atoms with Crippen molar-refractivity contribution in [2.24, 2.45) is 0 Å². The molecule has 7 nitrogen and oxygen atoms in total. The second-order valence-corrected chi connectivity index (χ2v) is 5.74. The van der Waals surface area contributed by atoms with E-state index in [2.05, 4.69) is 4.98 Å². The van der Waals surface area contributed by atoms with Gasteiger partial charge in [0.25, 0.3) is 0 Å². The van der Waals surface area contributed by atoms with Crippen LogP contribution in [0.4, 0.5) is 0 Å². The molecular weight excluding hydrogens is 271 g/mol. The monoisotopic (exact) mass is 284 g/mol. The minimum absolute atomic E-state index is 0.0930. The number of carboxylic acid groups (broad SMARTS) is 1. The van der Waals surface area contributed by atoms with Gasteiger partial charge in [-0.3, -0.25) is 9.36 Å². The summed E-state index contributed by atoms with van der Waals surface area (Å²) in [6.07, 6.45) is 4.18. The van der Waals surface area contributed by atoms with Crippen molar-refractivity contribution in [1.82, 2.24) is 9.38 Å². The zero-order chi connectivity index (χ0) is 14.0. The fraction of sp³-hybridized carbons (Fsp3) is 0.273. The van der Waals surface area contributed by atoms with Crippen LogP contribution in [0.1, 0.15) is 18.4 Å². The van der Waals surface area contributed by atoms with Crippen LogP contribution in [0, 0.1) is 0 Å². The fourth-order valence-corrected chi connectivity index (χ4v) is 2.26. The average molecular weight is 284 g/mol. The first-order chi connectivity index (χ1) is 8.86. The SMILES string of the molecule is O=C(O)CCCc1ccc2nc(P(=O)(O)O)cn2c1. The number of imidazole rings is 1. The van der Waals surface area contributed by atoms with E-state index in [1.54, 1.807) is 18.3 Å². The van der Waals surface area contributed by atoms with Crippen LogP contribution in [0.2, 0.25) is 0 Å². The smallest absolute Gasteiger partial charge is 0.376 e. The van der Waals surface area contributed by atoms with Gasteiger partial charge >= 0.3 is 13.6 Å². The summed E-state index contributed by atoms with van der Waals surface area (Å²) < 4.78 is 12.6. The molecular formula is C11H13N2O5P. The molecule has 0 radical (unpaired) electrons. The largest absolute Gasteiger partial charge is 0.481 e. The number of hydrogen-bond acceptors (Lipinski definition) is 3. The van der Waals surface area contributed by atoms with Crippen LogP contribution >= 0.6 is 7.60 Å². The van der Waals surface area contributed by atoms with Crippen molar-refractivity contribution in [1.29, 1.82) is 0 Å². The molecule has 0 aliphatic rings. The molecule has 0 amide bonds. The molecule has 3 N–H and O–H groups in total. The van der Waals surface area contributed by atoms with E-state index >= 15 is 0 Å². The summed E-state index contributed by atoms with van der Waals surface area (Å²) in [5.74, 6) is -0.840. The summed E-state index contributed by atoms with van der Waals surface area (Å²) in [5, 5.41) is 8.55. The van der Waals surface area contributed by atoms with Crippen molar-refractivity contribution < 1.29 is 24.3 Å². The molecule has 0 bridgehead atoms. The highest BCUT2D eigenvalue weighted by atomic mass is 31.2. The summed E-state index contributed by atoms with van der Waals surface area (Å²) in [5.41, 5.74) is 1.07. The molecule has 2 heterocycles. The maximum absolute atomic E-state index is 11.1. The number of nitrogens with zero attached hydrogens (tertiary/aromatic N) is 2. The van der Waals surface area contributed by atoms with E-state index in [9.17, 15) is 9.36 Å². The van der Waals surface area contributed by atoms with Crippen molar-refractivity contribution >= 4 is 24.6 Å². The molecule has 0 aliphatic heterocycles. The predicted molar refractivity (Wildman–Crippen MR) is 67.4 cm³/mol. The van der Waals surface area contributed by atoms with Gasteiger partial charge in [0.1, 0.15) is 5.65 Å². The van der Waals surface area contributed by atoms with Crippen molar-refractivity contribution in [2.75, 3.05) is 0 Å². The standard InChI is InChI=1S/C11H13N2O5P/c14-11(15)3-1-2-8-4-5-9-12-10(19(16,17)18)7-13(9)6-8/h4-7H,1-3H2,(H,14,15)(H2,16,17,18). The van der Waals surface area contributed by atoms with Crippen LogP contribution in [-0.4, -0.2) is 30.2 Å². The Bertz CT molecular complexity index is 660. The first-order valence-electron chi connectivity index (χ1n) is 5.62. The first-order valence-corrected chi connectivity index (χ1v) is 7.23. The zero-order valence-electron chi connectivity index (χ0n) is 9.93. The van der Waals surface area contributed by atoms with E-state index < -0.39 is 13.6 Å². The third-order valence-corrected chi connectivity index (χ3v) is 3.47. The number of carbonyl (C=O) groups is 1. The molecule has 8 heteroatoms. The number of aromatic nitrogens is 2. The summed E-state index contributed by atoms with van der Waals surface area (Å²) in [7, 11) is -4.35. The van der Waals surface area contributed by atoms with E-state index in [0.717, 1.165) is 5.56 Å². The second kappa shape index (κ2) is 5.13. The predicted octanol–water partition coefficient (Wildman–Crippen LogP) is 0.545. The average Bonchev–Trinajstić information content (AvgIpc) is 2.71. The highest BCUT2D eigenvalue weighted by Gasteiger charge is 2.21. The maximum atomic E-state index is 11.1. The van der Waals surface area contributed by atoms with E-state index in [0.29, 0.717) is 18.5 Å². The number of aryl methyl sites for hydroxylation is 1. The molecule has 0 aliphatic carbocycles. The Hall–Kier alpha value is -1.69. The molecule has 0 unspecified atom stereocenters. The van der Waals surface area contributed by atoms with Crippen molar-refractivity contribution in [3.05, 3.63) is 30.1 Å². The fourth-order valence-electron chi connectivity index (χ4n) is 1.76. The van der Waals surface area contributed by atoms with Crippen molar-refractivity contribution in [2.45, 2.75) is 19.3 Å². The highest BCUT2D eigenvalue weighted by Crippen LogP contribution is 2.32. The third kappa shape index (κ3) is 3.41. The summed E-state index contributed by atoms with van der Waals surface area (Å²) >= 11 is 0. The topological polar surface area (TPSA) is 112 Å². The lowest BCUT2D eigenvalue weighted by Gasteiger charge is -2.00. The Balaban J connectivity index is 2.21. The van der Waals surface area contributed by atoms with Gasteiger partial charge in [-0.25, -0.2) is 4.98 Å². The normalized spacial score (nSPS) is 11.9. The van der Waals surface area contributed by atoms with Crippen LogP contribution in [0.15, 0.2) is 24.5 Å². The van der Waals surface area contributed by atoms with Gasteiger partial charge < -0.3 is 19.3 Å². The van der Waals surface area contributed by atoms with Gasteiger partial charge in [-0.05, 0) is 24.5 Å². The number of carboxylic acids is 1. The molecule has 19 heavy (non-hydrogen) atoms. The van der Waals surface area contributed by atoms with Gasteiger partial charge in [0.2, 0.25) is 0 Å². The van der Waals surface area contributed by atoms with E-state index in [-0.39, 0.29) is 11.9 Å². The van der Waals surface area contributed by atoms with E-state index in [1.807, 2.05) is 0 Å². The molecule has 0 aromatic carbocycles. The van der Waals surface area contributed by atoms with Crippen LogP contribution in [0.5, 0.6) is 0 Å². The van der Waals surface area contributed by atoms with E-state index in [4.69, 9.17) is 14.9 Å². The van der Waals surface area contributed by atoms with Crippen LogP contribution in [-0.2, 0) is 15.8 Å². The first kappa shape index (κ1) is 13.7. The Kier molecular flexibility index (Phi) is 3.71. The number of aliphatic carboxylic acids is 1. The van der Waals surface area contributed by atoms with Gasteiger partial charge in [0.15, 0.2) is 5.44 Å². The summed E-state index contributed by atoms with van der Waals surface area (Å²) in [4.78, 5) is 32.3. The Morgan fingerprint density at radius 1 is 1.32 bits per heavy atom. The van der Waals surface area contributed by atoms with Crippen molar-refractivity contribution in [3.8, 4) is 0 Å². The molecule has 2 aromatic heterocycles. The van der Waals surface area contributed by atoms with Crippen molar-refractivity contribution in [3.63, 3.8) is 0 Å². The molecule has 102 valence electrons. The van der Waals surface area contributed by atoms with Gasteiger partial charge in [-0.1, -0.05) is 6.07 Å². The van der Waals surface area contributed by atoms with E-state index in [1.165, 1.54) is 10.6 Å². The maximum Gasteiger partial charge on any atom is 0.376 e. The van der Waals surface area contributed by atoms with Crippen LogP contribution in [0.3, 0.4) is 0 Å². The summed E-state index contributed by atoms with van der Waals surface area (Å²) in [6, 6.07) is 3.42. The quantitative estimate of drug-likeness (QED) is 0.691. The Morgan fingerprint density at radius 2 is 2.05 bits per heavy atom. The lowest BCUT2D eigenvalue weighted by atomic mass is 10.1. The zero-order valence-corrected chi connectivity index (χ0v) is 10.8. The third-order valence-electron chi connectivity index (χ3n) is 2.65. The Morgan fingerprint density at radius 3 is 2.68 bits per heavy atom. The number of fused-ring (bicyclic) bond motifs is 1. The Labute approximate surface area is 108 Å². The van der Waals surface area contributed by atoms with Gasteiger partial charge in [0, 0.05) is 18.8 Å². The molecule has 0 atom stereocenters. The molecule has 0 saturated heterocycles. The van der Waals surface area contributed by atoms with Crippen LogP contribution < -0.4 is 5.44 Å². The molecule has 0 saturated carbocycles. The molecule has 0 fully saturated rings. The molecule has 2 aromatic rings. The number of pyridine rings is 1. The van der Waals surface area contributed by atoms with Gasteiger partial charge in [-0.2, -0.15) is 0 Å². The minimum Gasteiger partial charge on any atom is -0.481 e. The highest BCUT2D eigenvalue weighted by molar-refractivity contribution is 7.60. The molecule has 2 rings (SSSR count). The minimum atomic E-state index is -4.35. The number of hydrogen-bond donors (Lipinski definition) is 3. The second-order valence-electron chi connectivity index (χ2n) is 4.19. The summed E-state index contributed by atoms with van der Waals surface area (Å²) in [6.45, 7) is 0.